The predicted octanol–water partition coefficient (Wildman–Crippen LogP) is 4.94. The lowest BCUT2D eigenvalue weighted by Gasteiger charge is -2.26. The maximum Gasteiger partial charge on any atom is 0.0954 e. The molecule has 0 N–H and O–H groups in total. The van der Waals surface area contributed by atoms with Crippen molar-refractivity contribution < 1.29 is 4.74 Å². The summed E-state index contributed by atoms with van der Waals surface area (Å²) in [7, 11) is 0. The monoisotopic (exact) mass is 433 g/mol. The van der Waals surface area contributed by atoms with Crippen LogP contribution in [0.5, 0.6) is 0 Å². The van der Waals surface area contributed by atoms with E-state index in [-0.39, 0.29) is 0 Å². The third-order valence-corrected chi connectivity index (χ3v) is 6.25. The Hall–Kier alpha value is -1.37. The lowest BCUT2D eigenvalue weighted by atomic mass is 10.0. The van der Waals surface area contributed by atoms with Crippen molar-refractivity contribution in [2.24, 2.45) is 9.98 Å². The van der Waals surface area contributed by atoms with Gasteiger partial charge < -0.3 is 4.74 Å². The smallest absolute Gasteiger partial charge is 0.0954 e. The standard InChI is InChI=1S/C21H21Cl2N3OS/c22-15-5-6-19-17(13-15)21(16-3-1-2-4-18(16)23)24-14-20(25-19)28-12-9-26-7-10-27-11-8-26/h1-6,13H,7-12,14H2. The van der Waals surface area contributed by atoms with Gasteiger partial charge in [-0.3, -0.25) is 9.89 Å². The highest BCUT2D eigenvalue weighted by Crippen LogP contribution is 2.31. The first-order valence-corrected chi connectivity index (χ1v) is 11.0. The summed E-state index contributed by atoms with van der Waals surface area (Å²) >= 11 is 14.5. The third kappa shape index (κ3) is 4.78. The Morgan fingerprint density at radius 3 is 2.68 bits per heavy atom. The molecule has 1 saturated heterocycles. The third-order valence-electron chi connectivity index (χ3n) is 4.74. The highest BCUT2D eigenvalue weighted by Gasteiger charge is 2.19. The molecule has 2 aromatic rings. The van der Waals surface area contributed by atoms with Crippen LogP contribution < -0.4 is 0 Å². The lowest BCUT2D eigenvalue weighted by Crippen LogP contribution is -2.37. The van der Waals surface area contributed by atoms with Crippen LogP contribution >= 0.6 is 35.0 Å². The SMILES string of the molecule is Clc1ccc2c(c1)C(c1ccccc1Cl)=NCC(SCCN1CCOCC1)=N2. The van der Waals surface area contributed by atoms with E-state index in [1.807, 2.05) is 42.5 Å². The van der Waals surface area contributed by atoms with Crippen LogP contribution in [0.2, 0.25) is 10.0 Å². The number of nitrogens with zero attached hydrogens (tertiary/aromatic N) is 3. The van der Waals surface area contributed by atoms with Gasteiger partial charge in [0.05, 0.1) is 36.2 Å². The Balaban J connectivity index is 1.56. The number of thioether (sulfide) groups is 1. The number of hydrogen-bond donors (Lipinski definition) is 0. The Morgan fingerprint density at radius 1 is 1.04 bits per heavy atom. The minimum absolute atomic E-state index is 0.542. The lowest BCUT2D eigenvalue weighted by molar-refractivity contribution is 0.0410. The Labute approximate surface area is 179 Å². The van der Waals surface area contributed by atoms with Crippen LogP contribution in [-0.4, -0.2) is 60.8 Å². The second-order valence-corrected chi connectivity index (χ2v) is 8.63. The molecular weight excluding hydrogens is 413 g/mol. The summed E-state index contributed by atoms with van der Waals surface area (Å²) in [6, 6.07) is 13.5. The number of hydrogen-bond acceptors (Lipinski definition) is 5. The molecule has 0 aliphatic carbocycles. The Kier molecular flexibility index (Phi) is 6.70. The molecule has 146 valence electrons. The van der Waals surface area contributed by atoms with E-state index in [2.05, 4.69) is 4.90 Å². The van der Waals surface area contributed by atoms with Gasteiger partial charge in [0.2, 0.25) is 0 Å². The number of benzene rings is 2. The molecule has 28 heavy (non-hydrogen) atoms. The van der Waals surface area contributed by atoms with Gasteiger partial charge in [0, 0.05) is 46.6 Å². The molecule has 0 radical (unpaired) electrons. The molecule has 0 unspecified atom stereocenters. The summed E-state index contributed by atoms with van der Waals surface area (Å²) in [4.78, 5) is 12.2. The van der Waals surface area contributed by atoms with Crippen molar-refractivity contribution in [1.82, 2.24) is 4.90 Å². The van der Waals surface area contributed by atoms with Crippen molar-refractivity contribution in [2.75, 3.05) is 45.1 Å². The number of ether oxygens (including phenoxy) is 1. The maximum atomic E-state index is 6.45. The summed E-state index contributed by atoms with van der Waals surface area (Å²) in [5, 5.41) is 2.35. The fraction of sp³-hybridized carbons (Fsp3) is 0.333. The second kappa shape index (κ2) is 9.42. The van der Waals surface area contributed by atoms with E-state index in [0.717, 1.165) is 66.2 Å². The Bertz CT molecular complexity index is 910. The van der Waals surface area contributed by atoms with Crippen LogP contribution in [-0.2, 0) is 4.74 Å². The minimum atomic E-state index is 0.542. The summed E-state index contributed by atoms with van der Waals surface area (Å²) in [6.07, 6.45) is 0. The van der Waals surface area contributed by atoms with Gasteiger partial charge in [0.15, 0.2) is 0 Å². The van der Waals surface area contributed by atoms with Gasteiger partial charge in [-0.25, -0.2) is 4.99 Å². The van der Waals surface area contributed by atoms with E-state index in [9.17, 15) is 0 Å². The van der Waals surface area contributed by atoms with E-state index >= 15 is 0 Å². The molecule has 4 nitrogen and oxygen atoms in total. The molecule has 2 heterocycles. The molecule has 1 fully saturated rings. The predicted molar refractivity (Wildman–Crippen MR) is 120 cm³/mol. The molecule has 0 spiro atoms. The average Bonchev–Trinajstić information content (AvgIpc) is 2.88. The molecule has 2 aliphatic rings. The largest absolute Gasteiger partial charge is 0.379 e. The van der Waals surface area contributed by atoms with Gasteiger partial charge in [0.1, 0.15) is 0 Å². The fourth-order valence-electron chi connectivity index (χ4n) is 3.28. The maximum absolute atomic E-state index is 6.45. The minimum Gasteiger partial charge on any atom is -0.379 e. The molecule has 0 bridgehead atoms. The van der Waals surface area contributed by atoms with Crippen molar-refractivity contribution in [1.29, 1.82) is 0 Å². The first-order valence-electron chi connectivity index (χ1n) is 9.30. The van der Waals surface area contributed by atoms with Gasteiger partial charge in [-0.1, -0.05) is 41.4 Å². The van der Waals surface area contributed by atoms with E-state index in [1.54, 1.807) is 11.8 Å². The van der Waals surface area contributed by atoms with Gasteiger partial charge in [-0.05, 0) is 24.3 Å². The van der Waals surface area contributed by atoms with E-state index in [4.69, 9.17) is 37.9 Å². The molecule has 0 aromatic heterocycles. The number of aliphatic imine (C=N–C) groups is 2. The van der Waals surface area contributed by atoms with Crippen LogP contribution in [0.15, 0.2) is 52.4 Å². The quantitative estimate of drug-likeness (QED) is 0.684. The Morgan fingerprint density at radius 2 is 1.86 bits per heavy atom. The summed E-state index contributed by atoms with van der Waals surface area (Å²) < 4.78 is 5.41. The van der Waals surface area contributed by atoms with Gasteiger partial charge in [-0.15, -0.1) is 11.8 Å². The zero-order valence-electron chi connectivity index (χ0n) is 15.4. The summed E-state index contributed by atoms with van der Waals surface area (Å²) in [5.74, 6) is 0.985. The highest BCUT2D eigenvalue weighted by atomic mass is 35.5. The molecule has 4 rings (SSSR count). The molecular formula is C21H21Cl2N3OS. The van der Waals surface area contributed by atoms with Crippen molar-refractivity contribution >= 4 is 51.4 Å². The number of fused-ring (bicyclic) bond motifs is 1. The normalized spacial score (nSPS) is 17.5. The molecule has 2 aromatic carbocycles. The molecule has 0 amide bonds. The molecule has 0 saturated carbocycles. The van der Waals surface area contributed by atoms with Crippen LogP contribution in [0.4, 0.5) is 5.69 Å². The van der Waals surface area contributed by atoms with Crippen molar-refractivity contribution in [3.05, 3.63) is 63.6 Å². The summed E-state index contributed by atoms with van der Waals surface area (Å²) in [6.45, 7) is 5.23. The van der Waals surface area contributed by atoms with Gasteiger partial charge in [0.25, 0.3) is 0 Å². The van der Waals surface area contributed by atoms with Gasteiger partial charge in [-0.2, -0.15) is 0 Å². The first kappa shape index (κ1) is 19.9. The van der Waals surface area contributed by atoms with Crippen LogP contribution in [0.3, 0.4) is 0 Å². The zero-order valence-corrected chi connectivity index (χ0v) is 17.7. The van der Waals surface area contributed by atoms with Gasteiger partial charge >= 0.3 is 0 Å². The topological polar surface area (TPSA) is 37.2 Å². The summed E-state index contributed by atoms with van der Waals surface area (Å²) in [5.41, 5.74) is 3.55. The van der Waals surface area contributed by atoms with E-state index in [1.165, 1.54) is 0 Å². The molecule has 0 atom stereocenters. The average molecular weight is 434 g/mol. The van der Waals surface area contributed by atoms with E-state index < -0.39 is 0 Å². The number of rotatable bonds is 4. The molecule has 2 aliphatic heterocycles. The highest BCUT2D eigenvalue weighted by molar-refractivity contribution is 8.14. The number of morpholine rings is 1. The zero-order chi connectivity index (χ0) is 19.3. The molecule has 7 heteroatoms. The fourth-order valence-corrected chi connectivity index (χ4v) is 4.58. The second-order valence-electron chi connectivity index (χ2n) is 6.61. The first-order chi connectivity index (χ1) is 13.7. The van der Waals surface area contributed by atoms with Crippen molar-refractivity contribution in [2.45, 2.75) is 0 Å². The van der Waals surface area contributed by atoms with Crippen molar-refractivity contribution in [3.8, 4) is 0 Å². The number of halogens is 2. The van der Waals surface area contributed by atoms with Crippen LogP contribution in [0, 0.1) is 0 Å². The van der Waals surface area contributed by atoms with Crippen LogP contribution in [0.25, 0.3) is 0 Å². The van der Waals surface area contributed by atoms with E-state index in [0.29, 0.717) is 16.6 Å². The van der Waals surface area contributed by atoms with Crippen LogP contribution in [0.1, 0.15) is 11.1 Å². The van der Waals surface area contributed by atoms with Crippen molar-refractivity contribution in [3.63, 3.8) is 0 Å².